The highest BCUT2D eigenvalue weighted by molar-refractivity contribution is 7.89. The van der Waals surface area contributed by atoms with Crippen LogP contribution in [0.15, 0.2) is 23.1 Å². The first-order valence-electron chi connectivity index (χ1n) is 9.30. The molecule has 0 aromatic heterocycles. The van der Waals surface area contributed by atoms with Crippen molar-refractivity contribution in [3.05, 3.63) is 28.2 Å². The second-order valence-corrected chi connectivity index (χ2v) is 9.57. The standard InChI is InChI=1S/C18H24Cl2N2O5S/c19-14-3-4-16(20)17(12-14)28(24,25)22-8-6-21(7-9-22)18(23)5-11-26-13-15-2-1-10-27-15/h3-4,12,15H,1-2,5-11,13H2. The van der Waals surface area contributed by atoms with Crippen LogP contribution >= 0.6 is 23.2 Å². The average Bonchev–Trinajstić information content (AvgIpc) is 3.20. The first kappa shape index (κ1) is 21.8. The zero-order valence-electron chi connectivity index (χ0n) is 15.5. The summed E-state index contributed by atoms with van der Waals surface area (Å²) >= 11 is 12.0. The van der Waals surface area contributed by atoms with E-state index in [0.717, 1.165) is 19.4 Å². The molecule has 0 aliphatic carbocycles. The van der Waals surface area contributed by atoms with Gasteiger partial charge < -0.3 is 14.4 Å². The van der Waals surface area contributed by atoms with Crippen molar-refractivity contribution in [2.24, 2.45) is 0 Å². The third-order valence-corrected chi connectivity index (χ3v) is 7.51. The molecule has 0 saturated carbocycles. The Hall–Kier alpha value is -0.900. The number of amides is 1. The van der Waals surface area contributed by atoms with E-state index in [1.807, 2.05) is 0 Å². The molecular weight excluding hydrogens is 427 g/mol. The summed E-state index contributed by atoms with van der Waals surface area (Å²) in [4.78, 5) is 14.0. The Labute approximate surface area is 175 Å². The van der Waals surface area contributed by atoms with Gasteiger partial charge in [-0.3, -0.25) is 4.79 Å². The number of nitrogens with zero attached hydrogens (tertiary/aromatic N) is 2. The van der Waals surface area contributed by atoms with Crippen molar-refractivity contribution in [3.63, 3.8) is 0 Å². The zero-order valence-corrected chi connectivity index (χ0v) is 17.8. The van der Waals surface area contributed by atoms with Crippen molar-refractivity contribution in [1.29, 1.82) is 0 Å². The van der Waals surface area contributed by atoms with Crippen LogP contribution in [0.1, 0.15) is 19.3 Å². The van der Waals surface area contributed by atoms with E-state index in [9.17, 15) is 13.2 Å². The highest BCUT2D eigenvalue weighted by Crippen LogP contribution is 2.28. The summed E-state index contributed by atoms with van der Waals surface area (Å²) in [7, 11) is -3.75. The van der Waals surface area contributed by atoms with Crippen LogP contribution in [0, 0.1) is 0 Å². The highest BCUT2D eigenvalue weighted by atomic mass is 35.5. The molecular formula is C18H24Cl2N2O5S. The van der Waals surface area contributed by atoms with Gasteiger partial charge >= 0.3 is 0 Å². The number of benzene rings is 1. The molecule has 0 N–H and O–H groups in total. The summed E-state index contributed by atoms with van der Waals surface area (Å²) in [6, 6.07) is 4.36. The molecule has 3 rings (SSSR count). The summed E-state index contributed by atoms with van der Waals surface area (Å²) in [6.45, 7) is 2.74. The van der Waals surface area contributed by atoms with Gasteiger partial charge in [0.25, 0.3) is 0 Å². The van der Waals surface area contributed by atoms with E-state index < -0.39 is 10.0 Å². The van der Waals surface area contributed by atoms with Gasteiger partial charge in [0.05, 0.1) is 30.8 Å². The van der Waals surface area contributed by atoms with E-state index >= 15 is 0 Å². The number of ether oxygens (including phenoxy) is 2. The van der Waals surface area contributed by atoms with E-state index in [1.165, 1.54) is 16.4 Å². The van der Waals surface area contributed by atoms with Gasteiger partial charge in [0, 0.05) is 37.8 Å². The van der Waals surface area contributed by atoms with Gasteiger partial charge in [-0.05, 0) is 31.0 Å². The molecule has 0 bridgehead atoms. The second-order valence-electron chi connectivity index (χ2n) is 6.82. The third kappa shape index (κ3) is 5.37. The van der Waals surface area contributed by atoms with E-state index in [4.69, 9.17) is 32.7 Å². The minimum absolute atomic E-state index is 0.0102. The predicted octanol–water partition coefficient (Wildman–Crippen LogP) is 2.41. The SMILES string of the molecule is O=C(CCOCC1CCCO1)N1CCN(S(=O)(=O)c2cc(Cl)ccc2Cl)CC1. The number of hydrogen-bond acceptors (Lipinski definition) is 5. The van der Waals surface area contributed by atoms with Crippen LogP contribution in [0.25, 0.3) is 0 Å². The second kappa shape index (κ2) is 9.73. The fourth-order valence-corrected chi connectivity index (χ4v) is 5.46. The molecule has 2 aliphatic heterocycles. The lowest BCUT2D eigenvalue weighted by molar-refractivity contribution is -0.133. The van der Waals surface area contributed by atoms with Gasteiger partial charge in [0.2, 0.25) is 15.9 Å². The maximum absolute atomic E-state index is 12.8. The van der Waals surface area contributed by atoms with Crippen molar-refractivity contribution >= 4 is 39.1 Å². The van der Waals surface area contributed by atoms with Crippen LogP contribution in [0.2, 0.25) is 10.0 Å². The molecule has 7 nitrogen and oxygen atoms in total. The van der Waals surface area contributed by atoms with Gasteiger partial charge in [-0.25, -0.2) is 8.42 Å². The van der Waals surface area contributed by atoms with E-state index in [0.29, 0.717) is 31.3 Å². The molecule has 2 fully saturated rings. The number of carbonyl (C=O) groups excluding carboxylic acids is 1. The molecule has 2 saturated heterocycles. The topological polar surface area (TPSA) is 76.2 Å². The van der Waals surface area contributed by atoms with Crippen molar-refractivity contribution in [1.82, 2.24) is 9.21 Å². The molecule has 1 unspecified atom stereocenters. The van der Waals surface area contributed by atoms with E-state index in [1.54, 1.807) is 11.0 Å². The molecule has 156 valence electrons. The number of carbonyl (C=O) groups is 1. The number of piperazine rings is 1. The first-order chi connectivity index (χ1) is 13.4. The summed E-state index contributed by atoms with van der Waals surface area (Å²) in [5, 5.41) is 0.436. The summed E-state index contributed by atoms with van der Waals surface area (Å²) < 4.78 is 38.0. The number of hydrogen-bond donors (Lipinski definition) is 0. The van der Waals surface area contributed by atoms with Crippen LogP contribution in [0.5, 0.6) is 0 Å². The van der Waals surface area contributed by atoms with E-state index in [-0.39, 0.29) is 41.4 Å². The summed E-state index contributed by atoms with van der Waals surface area (Å²) in [5.74, 6) is -0.0369. The van der Waals surface area contributed by atoms with Crippen molar-refractivity contribution in [2.45, 2.75) is 30.3 Å². The molecule has 1 atom stereocenters. The smallest absolute Gasteiger partial charge is 0.244 e. The molecule has 1 aromatic rings. The van der Waals surface area contributed by atoms with Crippen molar-refractivity contribution in [2.75, 3.05) is 46.0 Å². The largest absolute Gasteiger partial charge is 0.378 e. The van der Waals surface area contributed by atoms with Gasteiger partial charge in [-0.15, -0.1) is 0 Å². The first-order valence-corrected chi connectivity index (χ1v) is 11.5. The van der Waals surface area contributed by atoms with Crippen molar-refractivity contribution in [3.8, 4) is 0 Å². The van der Waals surface area contributed by atoms with Crippen molar-refractivity contribution < 1.29 is 22.7 Å². The molecule has 28 heavy (non-hydrogen) atoms. The van der Waals surface area contributed by atoms with Crippen LogP contribution in [-0.4, -0.2) is 75.6 Å². The van der Waals surface area contributed by atoms with Gasteiger partial charge in [-0.1, -0.05) is 23.2 Å². The molecule has 0 spiro atoms. The Bertz CT molecular complexity index is 791. The molecule has 2 heterocycles. The zero-order chi connectivity index (χ0) is 20.1. The van der Waals surface area contributed by atoms with Gasteiger partial charge in [0.15, 0.2) is 0 Å². The van der Waals surface area contributed by atoms with Crippen LogP contribution in [-0.2, 0) is 24.3 Å². The maximum Gasteiger partial charge on any atom is 0.244 e. The Morgan fingerprint density at radius 2 is 1.96 bits per heavy atom. The number of rotatable bonds is 7. The number of sulfonamides is 1. The highest BCUT2D eigenvalue weighted by Gasteiger charge is 2.31. The lowest BCUT2D eigenvalue weighted by Gasteiger charge is -2.34. The normalized spacial score (nSPS) is 21.2. The van der Waals surface area contributed by atoms with Crippen LogP contribution in [0.4, 0.5) is 0 Å². The Morgan fingerprint density at radius 1 is 1.21 bits per heavy atom. The fourth-order valence-electron chi connectivity index (χ4n) is 3.30. The maximum atomic E-state index is 12.8. The molecule has 1 aromatic carbocycles. The van der Waals surface area contributed by atoms with Crippen LogP contribution < -0.4 is 0 Å². The van der Waals surface area contributed by atoms with Gasteiger partial charge in [0.1, 0.15) is 4.90 Å². The monoisotopic (exact) mass is 450 g/mol. The summed E-state index contributed by atoms with van der Waals surface area (Å²) in [6.07, 6.45) is 2.48. The lowest BCUT2D eigenvalue weighted by atomic mass is 10.2. The molecule has 1 amide bonds. The fraction of sp³-hybridized carbons (Fsp3) is 0.611. The Balaban J connectivity index is 1.46. The Morgan fingerprint density at radius 3 is 2.64 bits per heavy atom. The average molecular weight is 451 g/mol. The van der Waals surface area contributed by atoms with E-state index in [2.05, 4.69) is 0 Å². The lowest BCUT2D eigenvalue weighted by Crippen LogP contribution is -2.50. The molecule has 2 aliphatic rings. The quantitative estimate of drug-likeness (QED) is 0.596. The predicted molar refractivity (Wildman–Crippen MR) is 106 cm³/mol. The van der Waals surface area contributed by atoms with Crippen LogP contribution in [0.3, 0.4) is 0 Å². The van der Waals surface area contributed by atoms with Gasteiger partial charge in [-0.2, -0.15) is 4.31 Å². The molecule has 10 heteroatoms. The molecule has 0 radical (unpaired) electrons. The summed E-state index contributed by atoms with van der Waals surface area (Å²) in [5.41, 5.74) is 0. The third-order valence-electron chi connectivity index (χ3n) is 4.89. The minimum atomic E-state index is -3.75. The Kier molecular flexibility index (Phi) is 7.58. The minimum Gasteiger partial charge on any atom is -0.378 e. The number of halogens is 2.